The number of hydrogen-bond donors (Lipinski definition) is 0. The molecular formula is C13H12N2S. The van der Waals surface area contributed by atoms with Crippen molar-refractivity contribution in [1.29, 1.82) is 5.26 Å². The predicted octanol–water partition coefficient (Wildman–Crippen LogP) is 3.53. The average Bonchev–Trinajstić information content (AvgIpc) is 2.30. The third-order valence-electron chi connectivity index (χ3n) is 2.38. The van der Waals surface area contributed by atoms with Crippen LogP contribution in [0, 0.1) is 18.3 Å². The summed E-state index contributed by atoms with van der Waals surface area (Å²) in [5.74, 6) is 0.960. The van der Waals surface area contributed by atoms with Crippen molar-refractivity contribution in [3.8, 4) is 6.07 Å². The van der Waals surface area contributed by atoms with Gasteiger partial charge in [-0.05, 0) is 24.8 Å². The van der Waals surface area contributed by atoms with Gasteiger partial charge >= 0.3 is 0 Å². The summed E-state index contributed by atoms with van der Waals surface area (Å²) in [4.78, 5) is 5.35. The van der Waals surface area contributed by atoms with E-state index in [0.29, 0.717) is 5.56 Å². The fraction of sp³-hybridized carbons (Fsp3) is 0.231. The van der Waals surface area contributed by atoms with E-state index in [2.05, 4.69) is 31.0 Å². The molecule has 0 aliphatic rings. The second-order valence-electron chi connectivity index (χ2n) is 3.57. The van der Waals surface area contributed by atoms with Crippen molar-refractivity contribution >= 4 is 22.7 Å². The zero-order chi connectivity index (χ0) is 11.5. The first-order chi connectivity index (χ1) is 7.76. The molecule has 2 aromatic rings. The Morgan fingerprint density at radius 1 is 1.44 bits per heavy atom. The van der Waals surface area contributed by atoms with Gasteiger partial charge < -0.3 is 0 Å². The Morgan fingerprint density at radius 3 is 2.94 bits per heavy atom. The van der Waals surface area contributed by atoms with Gasteiger partial charge in [-0.3, -0.25) is 4.98 Å². The van der Waals surface area contributed by atoms with E-state index in [1.807, 2.05) is 12.1 Å². The van der Waals surface area contributed by atoms with Crippen molar-refractivity contribution in [2.75, 3.05) is 5.75 Å². The van der Waals surface area contributed by atoms with Gasteiger partial charge in [-0.1, -0.05) is 18.6 Å². The lowest BCUT2D eigenvalue weighted by atomic mass is 10.1. The van der Waals surface area contributed by atoms with Gasteiger partial charge in [0.25, 0.3) is 0 Å². The zero-order valence-electron chi connectivity index (χ0n) is 9.32. The number of nitrogens with zero attached hydrogens (tertiary/aromatic N) is 2. The standard InChI is InChI=1S/C13H12N2S/c1-3-16-13-10(7-14)8-15-12-5-4-9(2)6-11(12)13/h4-6,8H,3H2,1-2H3. The normalized spacial score (nSPS) is 10.3. The Morgan fingerprint density at radius 2 is 2.25 bits per heavy atom. The molecule has 1 aromatic carbocycles. The van der Waals surface area contributed by atoms with E-state index in [9.17, 15) is 0 Å². The minimum atomic E-state index is 0.671. The molecule has 16 heavy (non-hydrogen) atoms. The highest BCUT2D eigenvalue weighted by Crippen LogP contribution is 2.30. The molecule has 0 aliphatic carbocycles. The van der Waals surface area contributed by atoms with Crippen LogP contribution >= 0.6 is 11.8 Å². The van der Waals surface area contributed by atoms with Crippen molar-refractivity contribution in [3.63, 3.8) is 0 Å². The fourth-order valence-electron chi connectivity index (χ4n) is 1.66. The van der Waals surface area contributed by atoms with Crippen LogP contribution < -0.4 is 0 Å². The van der Waals surface area contributed by atoms with Crippen LogP contribution in [0.5, 0.6) is 0 Å². The number of thioether (sulfide) groups is 1. The van der Waals surface area contributed by atoms with E-state index < -0.39 is 0 Å². The number of aryl methyl sites for hydroxylation is 1. The monoisotopic (exact) mass is 228 g/mol. The molecule has 0 fully saturated rings. The van der Waals surface area contributed by atoms with Crippen LogP contribution in [-0.4, -0.2) is 10.7 Å². The number of benzene rings is 1. The number of nitriles is 1. The molecule has 1 aromatic heterocycles. The molecule has 0 unspecified atom stereocenters. The van der Waals surface area contributed by atoms with Crippen LogP contribution in [0.25, 0.3) is 10.9 Å². The Kier molecular flexibility index (Phi) is 3.12. The first-order valence-electron chi connectivity index (χ1n) is 5.18. The molecule has 2 rings (SSSR count). The van der Waals surface area contributed by atoms with Crippen LogP contribution in [0.1, 0.15) is 18.1 Å². The number of aromatic nitrogens is 1. The lowest BCUT2D eigenvalue weighted by Gasteiger charge is -2.07. The summed E-state index contributed by atoms with van der Waals surface area (Å²) >= 11 is 1.70. The smallest absolute Gasteiger partial charge is 0.102 e. The fourth-order valence-corrected chi connectivity index (χ4v) is 2.52. The summed E-state index contributed by atoms with van der Waals surface area (Å²) in [5.41, 5.74) is 2.83. The summed E-state index contributed by atoms with van der Waals surface area (Å²) in [6, 6.07) is 8.36. The van der Waals surface area contributed by atoms with E-state index >= 15 is 0 Å². The van der Waals surface area contributed by atoms with Crippen molar-refractivity contribution in [2.45, 2.75) is 18.7 Å². The van der Waals surface area contributed by atoms with E-state index in [1.165, 1.54) is 5.56 Å². The third kappa shape index (κ3) is 1.89. The quantitative estimate of drug-likeness (QED) is 0.738. The van der Waals surface area contributed by atoms with E-state index in [0.717, 1.165) is 21.6 Å². The highest BCUT2D eigenvalue weighted by Gasteiger charge is 2.08. The van der Waals surface area contributed by atoms with Gasteiger partial charge in [0.15, 0.2) is 0 Å². The molecule has 3 heteroatoms. The van der Waals surface area contributed by atoms with Crippen LogP contribution in [0.3, 0.4) is 0 Å². The summed E-state index contributed by atoms with van der Waals surface area (Å²) < 4.78 is 0. The Bertz CT molecular complexity index is 570. The summed E-state index contributed by atoms with van der Waals surface area (Å²) in [7, 11) is 0. The van der Waals surface area contributed by atoms with Crippen LogP contribution in [0.4, 0.5) is 0 Å². The van der Waals surface area contributed by atoms with Gasteiger partial charge in [0.05, 0.1) is 11.1 Å². The molecule has 0 amide bonds. The molecular weight excluding hydrogens is 216 g/mol. The largest absolute Gasteiger partial charge is 0.255 e. The molecule has 0 radical (unpaired) electrons. The van der Waals surface area contributed by atoms with Gasteiger partial charge in [0.2, 0.25) is 0 Å². The maximum Gasteiger partial charge on any atom is 0.102 e. The van der Waals surface area contributed by atoms with Crippen molar-refractivity contribution in [1.82, 2.24) is 4.98 Å². The minimum absolute atomic E-state index is 0.671. The van der Waals surface area contributed by atoms with Gasteiger partial charge in [0.1, 0.15) is 6.07 Å². The van der Waals surface area contributed by atoms with E-state index in [4.69, 9.17) is 5.26 Å². The van der Waals surface area contributed by atoms with Crippen LogP contribution in [0.2, 0.25) is 0 Å². The maximum atomic E-state index is 9.07. The van der Waals surface area contributed by atoms with Gasteiger partial charge in [-0.15, -0.1) is 11.8 Å². The lowest BCUT2D eigenvalue weighted by Crippen LogP contribution is -1.89. The van der Waals surface area contributed by atoms with Crippen molar-refractivity contribution < 1.29 is 0 Å². The van der Waals surface area contributed by atoms with Crippen LogP contribution in [0.15, 0.2) is 29.3 Å². The molecule has 0 saturated carbocycles. The highest BCUT2D eigenvalue weighted by molar-refractivity contribution is 7.99. The number of hydrogen-bond acceptors (Lipinski definition) is 3. The third-order valence-corrected chi connectivity index (χ3v) is 3.40. The molecule has 0 atom stereocenters. The van der Waals surface area contributed by atoms with Gasteiger partial charge in [-0.2, -0.15) is 5.26 Å². The topological polar surface area (TPSA) is 36.7 Å². The Hall–Kier alpha value is -1.53. The molecule has 0 saturated heterocycles. The molecule has 80 valence electrons. The molecule has 1 heterocycles. The molecule has 0 N–H and O–H groups in total. The van der Waals surface area contributed by atoms with Gasteiger partial charge in [0, 0.05) is 16.5 Å². The van der Waals surface area contributed by atoms with Gasteiger partial charge in [-0.25, -0.2) is 0 Å². The predicted molar refractivity (Wildman–Crippen MR) is 67.6 cm³/mol. The zero-order valence-corrected chi connectivity index (χ0v) is 10.1. The first kappa shape index (κ1) is 11.0. The second kappa shape index (κ2) is 4.54. The van der Waals surface area contributed by atoms with E-state index in [1.54, 1.807) is 18.0 Å². The SMILES string of the molecule is CCSc1c(C#N)cnc2ccc(C)cc12. The number of fused-ring (bicyclic) bond motifs is 1. The minimum Gasteiger partial charge on any atom is -0.255 e. The molecule has 0 spiro atoms. The Labute approximate surface area is 99.3 Å². The number of pyridine rings is 1. The Balaban J connectivity index is 2.77. The first-order valence-corrected chi connectivity index (χ1v) is 6.17. The summed E-state index contributed by atoms with van der Waals surface area (Å²) in [6.07, 6.45) is 1.66. The maximum absolute atomic E-state index is 9.07. The average molecular weight is 228 g/mol. The molecule has 2 nitrogen and oxygen atoms in total. The number of rotatable bonds is 2. The van der Waals surface area contributed by atoms with Crippen molar-refractivity contribution in [2.24, 2.45) is 0 Å². The second-order valence-corrected chi connectivity index (χ2v) is 4.84. The summed E-state index contributed by atoms with van der Waals surface area (Å²) in [5, 5.41) is 10.2. The van der Waals surface area contributed by atoms with Crippen molar-refractivity contribution in [3.05, 3.63) is 35.5 Å². The molecule has 0 bridgehead atoms. The molecule has 0 aliphatic heterocycles. The summed E-state index contributed by atoms with van der Waals surface area (Å²) in [6.45, 7) is 4.15. The highest BCUT2D eigenvalue weighted by atomic mass is 32.2. The van der Waals surface area contributed by atoms with Crippen LogP contribution in [-0.2, 0) is 0 Å². The van der Waals surface area contributed by atoms with E-state index in [-0.39, 0.29) is 0 Å². The lowest BCUT2D eigenvalue weighted by molar-refractivity contribution is 1.29.